The molecule has 3 N–H and O–H groups in total. The molecule has 0 spiro atoms. The predicted octanol–water partition coefficient (Wildman–Crippen LogP) is 1.01. The monoisotopic (exact) mass is 267 g/mol. The summed E-state index contributed by atoms with van der Waals surface area (Å²) in [5.41, 5.74) is 0.334. The molecule has 0 bridgehead atoms. The van der Waals surface area contributed by atoms with Crippen LogP contribution in [-0.2, 0) is 4.79 Å². The van der Waals surface area contributed by atoms with E-state index in [9.17, 15) is 9.90 Å². The summed E-state index contributed by atoms with van der Waals surface area (Å²) in [6, 6.07) is 0. The van der Waals surface area contributed by atoms with E-state index in [0.717, 1.165) is 18.5 Å². The Morgan fingerprint density at radius 2 is 2.21 bits per heavy atom. The number of hydrogen-bond acceptors (Lipinski definition) is 4. The lowest BCUT2D eigenvalue weighted by Crippen LogP contribution is -2.29. The molecule has 1 unspecified atom stereocenters. The van der Waals surface area contributed by atoms with Gasteiger partial charge in [-0.05, 0) is 52.6 Å². The Morgan fingerprint density at radius 1 is 1.47 bits per heavy atom. The average molecular weight is 267 g/mol. The van der Waals surface area contributed by atoms with Crippen molar-refractivity contribution in [1.82, 2.24) is 10.6 Å². The molecular formula is C14H25N3O2. The summed E-state index contributed by atoms with van der Waals surface area (Å²) >= 11 is 0. The number of carbonyl (C=O) groups excluding carboxylic acids is 1. The number of hydrogen-bond donors (Lipinski definition) is 3. The van der Waals surface area contributed by atoms with E-state index in [1.165, 1.54) is 0 Å². The first-order valence-electron chi connectivity index (χ1n) is 6.40. The lowest BCUT2D eigenvalue weighted by atomic mass is 9.93. The molecule has 1 atom stereocenters. The van der Waals surface area contributed by atoms with E-state index in [1.54, 1.807) is 12.3 Å². The topological polar surface area (TPSA) is 73.7 Å². The fraction of sp³-hybridized carbons (Fsp3) is 0.571. The van der Waals surface area contributed by atoms with Gasteiger partial charge in [0.25, 0.3) is 0 Å². The van der Waals surface area contributed by atoms with Crippen LogP contribution in [0.4, 0.5) is 0 Å². The van der Waals surface area contributed by atoms with Gasteiger partial charge in [0.2, 0.25) is 6.41 Å². The molecule has 0 aromatic carbocycles. The molecule has 0 radical (unpaired) electrons. The van der Waals surface area contributed by atoms with E-state index in [0.29, 0.717) is 25.8 Å². The Morgan fingerprint density at radius 3 is 2.79 bits per heavy atom. The van der Waals surface area contributed by atoms with Crippen molar-refractivity contribution in [2.24, 2.45) is 4.99 Å². The first kappa shape index (κ1) is 17.5. The zero-order valence-electron chi connectivity index (χ0n) is 11.9. The quantitative estimate of drug-likeness (QED) is 0.297. The van der Waals surface area contributed by atoms with Crippen molar-refractivity contribution in [3.63, 3.8) is 0 Å². The Hall–Kier alpha value is -1.46. The highest BCUT2D eigenvalue weighted by atomic mass is 16.3. The SMILES string of the molecule is C=N/C=C\C=C(/CCC(C)(O)CCNC)CNC=O. The number of carbonyl (C=O) groups is 1. The normalized spacial score (nSPS) is 15.2. The maximum atomic E-state index is 10.3. The summed E-state index contributed by atoms with van der Waals surface area (Å²) in [6.45, 7) is 6.44. The molecule has 0 aliphatic heterocycles. The molecule has 1 amide bonds. The zero-order chi connectivity index (χ0) is 14.6. The van der Waals surface area contributed by atoms with Crippen molar-refractivity contribution in [2.75, 3.05) is 20.1 Å². The van der Waals surface area contributed by atoms with Gasteiger partial charge >= 0.3 is 0 Å². The van der Waals surface area contributed by atoms with Crippen LogP contribution in [0.3, 0.4) is 0 Å². The maximum Gasteiger partial charge on any atom is 0.207 e. The van der Waals surface area contributed by atoms with E-state index in [2.05, 4.69) is 22.3 Å². The molecule has 0 aliphatic rings. The molecule has 0 aromatic heterocycles. The molecule has 0 rings (SSSR count). The van der Waals surface area contributed by atoms with Gasteiger partial charge in [0.1, 0.15) is 0 Å². The molecule has 108 valence electrons. The van der Waals surface area contributed by atoms with Gasteiger partial charge in [0, 0.05) is 12.7 Å². The van der Waals surface area contributed by atoms with Gasteiger partial charge in [-0.1, -0.05) is 11.6 Å². The van der Waals surface area contributed by atoms with Crippen LogP contribution in [0.15, 0.2) is 28.9 Å². The smallest absolute Gasteiger partial charge is 0.207 e. The summed E-state index contributed by atoms with van der Waals surface area (Å²) in [4.78, 5) is 14.0. The van der Waals surface area contributed by atoms with Crippen LogP contribution in [-0.4, -0.2) is 44.0 Å². The second-order valence-corrected chi connectivity index (χ2v) is 4.70. The molecular weight excluding hydrogens is 242 g/mol. The summed E-state index contributed by atoms with van der Waals surface area (Å²) in [5.74, 6) is 0. The van der Waals surface area contributed by atoms with Crippen molar-refractivity contribution in [2.45, 2.75) is 31.8 Å². The van der Waals surface area contributed by atoms with Crippen molar-refractivity contribution in [3.05, 3.63) is 23.9 Å². The Balaban J connectivity index is 4.38. The molecule has 0 saturated carbocycles. The van der Waals surface area contributed by atoms with Crippen molar-refractivity contribution in [1.29, 1.82) is 0 Å². The average Bonchev–Trinajstić information content (AvgIpc) is 2.39. The van der Waals surface area contributed by atoms with Crippen LogP contribution >= 0.6 is 0 Å². The van der Waals surface area contributed by atoms with Gasteiger partial charge in [-0.25, -0.2) is 0 Å². The summed E-state index contributed by atoms with van der Waals surface area (Å²) in [5, 5.41) is 15.8. The second-order valence-electron chi connectivity index (χ2n) is 4.70. The summed E-state index contributed by atoms with van der Waals surface area (Å²) in [7, 11) is 1.86. The fourth-order valence-corrected chi connectivity index (χ4v) is 1.59. The van der Waals surface area contributed by atoms with Gasteiger partial charge in [0.15, 0.2) is 0 Å². The van der Waals surface area contributed by atoms with Crippen LogP contribution < -0.4 is 10.6 Å². The van der Waals surface area contributed by atoms with Crippen molar-refractivity contribution < 1.29 is 9.90 Å². The highest BCUT2D eigenvalue weighted by Crippen LogP contribution is 2.19. The number of rotatable bonds is 11. The third kappa shape index (κ3) is 10.2. The summed E-state index contributed by atoms with van der Waals surface area (Å²) < 4.78 is 0. The van der Waals surface area contributed by atoms with E-state index >= 15 is 0 Å². The van der Waals surface area contributed by atoms with Crippen LogP contribution in [0.1, 0.15) is 26.2 Å². The fourth-order valence-electron chi connectivity index (χ4n) is 1.59. The third-order valence-electron chi connectivity index (χ3n) is 2.83. The lowest BCUT2D eigenvalue weighted by molar-refractivity contribution is -0.109. The van der Waals surface area contributed by atoms with E-state index < -0.39 is 5.60 Å². The Bertz CT molecular complexity index is 323. The van der Waals surface area contributed by atoms with Crippen LogP contribution in [0.25, 0.3) is 0 Å². The largest absolute Gasteiger partial charge is 0.390 e. The summed E-state index contributed by atoms with van der Waals surface area (Å²) in [6.07, 6.45) is 7.98. The molecule has 5 heteroatoms. The molecule has 0 aromatic rings. The third-order valence-corrected chi connectivity index (χ3v) is 2.83. The van der Waals surface area contributed by atoms with Crippen molar-refractivity contribution >= 4 is 13.1 Å². The van der Waals surface area contributed by atoms with Gasteiger partial charge in [0.05, 0.1) is 5.60 Å². The number of aliphatic hydroxyl groups is 1. The predicted molar refractivity (Wildman–Crippen MR) is 79.2 cm³/mol. The molecule has 19 heavy (non-hydrogen) atoms. The van der Waals surface area contributed by atoms with Gasteiger partial charge in [-0.15, -0.1) is 0 Å². The number of nitrogens with zero attached hydrogens (tertiary/aromatic N) is 1. The Kier molecular flexibility index (Phi) is 9.66. The molecule has 5 nitrogen and oxygen atoms in total. The highest BCUT2D eigenvalue weighted by Gasteiger charge is 2.19. The highest BCUT2D eigenvalue weighted by molar-refractivity contribution is 5.46. The van der Waals surface area contributed by atoms with Gasteiger partial charge < -0.3 is 15.7 Å². The molecule has 0 saturated heterocycles. The minimum atomic E-state index is -0.705. The maximum absolute atomic E-state index is 10.3. The van der Waals surface area contributed by atoms with Crippen LogP contribution in [0, 0.1) is 0 Å². The van der Waals surface area contributed by atoms with Gasteiger partial charge in [-0.2, -0.15) is 0 Å². The molecule has 0 aliphatic carbocycles. The zero-order valence-corrected chi connectivity index (χ0v) is 11.9. The van der Waals surface area contributed by atoms with Crippen LogP contribution in [0.2, 0.25) is 0 Å². The van der Waals surface area contributed by atoms with E-state index in [-0.39, 0.29) is 0 Å². The second kappa shape index (κ2) is 10.5. The van der Waals surface area contributed by atoms with Crippen LogP contribution in [0.5, 0.6) is 0 Å². The first-order chi connectivity index (χ1) is 9.05. The molecule has 0 fully saturated rings. The standard InChI is InChI=1S/C14H25N3O2/c1-14(19,8-10-16-3)7-6-13(11-17-12-18)5-4-9-15-2/h4-5,9,12,16,19H,2,6-8,10-11H2,1,3H3,(H,17,18)/b9-4-,13-5+. The number of allylic oxidation sites excluding steroid dienone is 2. The lowest BCUT2D eigenvalue weighted by Gasteiger charge is -2.23. The van der Waals surface area contributed by atoms with E-state index in [1.807, 2.05) is 20.0 Å². The molecule has 0 heterocycles. The van der Waals surface area contributed by atoms with E-state index in [4.69, 9.17) is 0 Å². The van der Waals surface area contributed by atoms with Crippen molar-refractivity contribution in [3.8, 4) is 0 Å². The minimum absolute atomic E-state index is 0.479. The van der Waals surface area contributed by atoms with Gasteiger partial charge in [-0.3, -0.25) is 9.79 Å². The number of nitrogens with one attached hydrogen (secondary N) is 2. The Labute approximate surface area is 115 Å². The minimum Gasteiger partial charge on any atom is -0.390 e. The number of amides is 1. The number of aliphatic imine (C=N–C) groups is 1. The first-order valence-corrected chi connectivity index (χ1v) is 6.40.